The molecular formula is C11H13N3O2S. The van der Waals surface area contributed by atoms with Crippen molar-refractivity contribution in [2.24, 2.45) is 5.14 Å². The van der Waals surface area contributed by atoms with Crippen molar-refractivity contribution < 1.29 is 8.42 Å². The van der Waals surface area contributed by atoms with Crippen LogP contribution in [0.15, 0.2) is 35.2 Å². The zero-order valence-corrected chi connectivity index (χ0v) is 10.4. The van der Waals surface area contributed by atoms with Crippen LogP contribution in [0.3, 0.4) is 0 Å². The highest BCUT2D eigenvalue weighted by Crippen LogP contribution is 2.24. The highest BCUT2D eigenvalue weighted by atomic mass is 32.2. The van der Waals surface area contributed by atoms with Crippen molar-refractivity contribution >= 4 is 26.7 Å². The lowest BCUT2D eigenvalue weighted by molar-refractivity contribution is 0.598. The van der Waals surface area contributed by atoms with Gasteiger partial charge in [-0.3, -0.25) is 0 Å². The van der Waals surface area contributed by atoms with Gasteiger partial charge in [-0.2, -0.15) is 0 Å². The molecule has 1 aromatic heterocycles. The van der Waals surface area contributed by atoms with E-state index in [0.717, 1.165) is 0 Å². The van der Waals surface area contributed by atoms with E-state index in [1.165, 1.54) is 6.07 Å². The van der Waals surface area contributed by atoms with E-state index in [4.69, 9.17) is 5.14 Å². The van der Waals surface area contributed by atoms with Crippen LogP contribution in [0.2, 0.25) is 0 Å². The van der Waals surface area contributed by atoms with Gasteiger partial charge in [0.25, 0.3) is 0 Å². The minimum atomic E-state index is -3.75. The molecule has 0 radical (unpaired) electrons. The number of sulfonamides is 1. The number of anilines is 1. The average molecular weight is 251 g/mol. The van der Waals surface area contributed by atoms with Gasteiger partial charge in [-0.15, -0.1) is 0 Å². The second-order valence-corrected chi connectivity index (χ2v) is 5.47. The molecule has 2 aromatic rings. The number of primary sulfonamides is 1. The van der Waals surface area contributed by atoms with Gasteiger partial charge in [0.1, 0.15) is 5.82 Å². The van der Waals surface area contributed by atoms with E-state index in [1.807, 2.05) is 6.07 Å². The van der Waals surface area contributed by atoms with Gasteiger partial charge in [0.15, 0.2) is 0 Å². The number of hydrogen-bond donors (Lipinski definition) is 1. The van der Waals surface area contributed by atoms with Crippen LogP contribution in [0.25, 0.3) is 10.9 Å². The quantitative estimate of drug-likeness (QED) is 0.862. The fourth-order valence-electron chi connectivity index (χ4n) is 1.59. The Balaban J connectivity index is 2.88. The maximum Gasteiger partial charge on any atom is 0.238 e. The van der Waals surface area contributed by atoms with Crippen LogP contribution in [-0.4, -0.2) is 27.5 Å². The van der Waals surface area contributed by atoms with Crippen molar-refractivity contribution in [3.05, 3.63) is 30.3 Å². The number of pyridine rings is 1. The molecule has 0 aliphatic heterocycles. The highest BCUT2D eigenvalue weighted by molar-refractivity contribution is 7.89. The second-order valence-electron chi connectivity index (χ2n) is 3.94. The predicted octanol–water partition coefficient (Wildman–Crippen LogP) is 0.948. The third kappa shape index (κ3) is 2.22. The first-order valence-corrected chi connectivity index (χ1v) is 6.54. The van der Waals surface area contributed by atoms with Gasteiger partial charge in [0.05, 0.1) is 10.4 Å². The fourth-order valence-corrected chi connectivity index (χ4v) is 2.34. The zero-order valence-electron chi connectivity index (χ0n) is 9.58. The Kier molecular flexibility index (Phi) is 2.76. The molecule has 0 saturated heterocycles. The topological polar surface area (TPSA) is 76.3 Å². The molecule has 0 aliphatic rings. The smallest absolute Gasteiger partial charge is 0.238 e. The van der Waals surface area contributed by atoms with Crippen LogP contribution < -0.4 is 10.0 Å². The molecule has 90 valence electrons. The third-order valence-corrected chi connectivity index (χ3v) is 3.38. The van der Waals surface area contributed by atoms with E-state index in [2.05, 4.69) is 4.98 Å². The number of hydrogen-bond acceptors (Lipinski definition) is 4. The van der Waals surface area contributed by atoms with Crippen molar-refractivity contribution in [2.75, 3.05) is 19.0 Å². The first-order chi connectivity index (χ1) is 7.89. The van der Waals surface area contributed by atoms with E-state index < -0.39 is 10.0 Å². The summed E-state index contributed by atoms with van der Waals surface area (Å²) in [4.78, 5) is 6.20. The van der Waals surface area contributed by atoms with Gasteiger partial charge in [0.2, 0.25) is 10.0 Å². The summed E-state index contributed by atoms with van der Waals surface area (Å²) in [6.45, 7) is 0. The number of para-hydroxylation sites is 1. The van der Waals surface area contributed by atoms with Crippen LogP contribution in [-0.2, 0) is 10.0 Å². The Bertz CT molecular complexity index is 665. The molecule has 0 spiro atoms. The summed E-state index contributed by atoms with van der Waals surface area (Å²) in [5, 5.41) is 5.76. The third-order valence-electron chi connectivity index (χ3n) is 2.43. The van der Waals surface area contributed by atoms with E-state index in [9.17, 15) is 8.42 Å². The lowest BCUT2D eigenvalue weighted by atomic mass is 10.2. The first kappa shape index (κ1) is 11.8. The molecular weight excluding hydrogens is 238 g/mol. The maximum atomic E-state index is 11.6. The first-order valence-electron chi connectivity index (χ1n) is 4.99. The van der Waals surface area contributed by atoms with Crippen molar-refractivity contribution in [1.82, 2.24) is 4.98 Å². The van der Waals surface area contributed by atoms with Gasteiger partial charge in [-0.05, 0) is 6.07 Å². The summed E-state index contributed by atoms with van der Waals surface area (Å²) in [6, 6.07) is 8.51. The molecule has 6 heteroatoms. The lowest BCUT2D eigenvalue weighted by Crippen LogP contribution is -2.16. The van der Waals surface area contributed by atoms with Gasteiger partial charge in [-0.25, -0.2) is 18.5 Å². The number of benzene rings is 1. The largest absolute Gasteiger partial charge is 0.363 e. The summed E-state index contributed by atoms with van der Waals surface area (Å²) in [5.74, 6) is 0.563. The number of nitrogens with two attached hydrogens (primary N) is 1. The zero-order chi connectivity index (χ0) is 12.6. The standard InChI is InChI=1S/C11H13N3O2S/c1-14(2)11-7-10(17(12,15)16)8-5-3-4-6-9(8)13-11/h3-7H,1-2H3,(H2,12,15,16). The number of rotatable bonds is 2. The van der Waals surface area contributed by atoms with Gasteiger partial charge >= 0.3 is 0 Å². The van der Waals surface area contributed by atoms with Gasteiger partial charge < -0.3 is 4.90 Å². The van der Waals surface area contributed by atoms with Gasteiger partial charge in [0, 0.05) is 25.5 Å². The van der Waals surface area contributed by atoms with Crippen molar-refractivity contribution in [2.45, 2.75) is 4.90 Å². The number of aromatic nitrogens is 1. The molecule has 0 bridgehead atoms. The van der Waals surface area contributed by atoms with E-state index in [-0.39, 0.29) is 4.90 Å². The summed E-state index contributed by atoms with van der Waals surface area (Å²) in [5.41, 5.74) is 0.614. The Morgan fingerprint density at radius 3 is 2.47 bits per heavy atom. The molecule has 0 amide bonds. The molecule has 0 atom stereocenters. The predicted molar refractivity (Wildman–Crippen MR) is 67.4 cm³/mol. The number of nitrogens with zero attached hydrogens (tertiary/aromatic N) is 2. The van der Waals surface area contributed by atoms with Crippen LogP contribution in [0.1, 0.15) is 0 Å². The van der Waals surface area contributed by atoms with Gasteiger partial charge in [-0.1, -0.05) is 18.2 Å². The van der Waals surface area contributed by atoms with Crippen LogP contribution in [0, 0.1) is 0 Å². The molecule has 2 rings (SSSR count). The van der Waals surface area contributed by atoms with Crippen LogP contribution in [0.5, 0.6) is 0 Å². The minimum absolute atomic E-state index is 0.104. The Hall–Kier alpha value is -1.66. The molecule has 0 saturated carbocycles. The van der Waals surface area contributed by atoms with Crippen LogP contribution in [0.4, 0.5) is 5.82 Å². The summed E-state index contributed by atoms with van der Waals surface area (Å²) < 4.78 is 23.1. The molecule has 5 nitrogen and oxygen atoms in total. The Labute approximate surface area is 99.9 Å². The monoisotopic (exact) mass is 251 g/mol. The molecule has 0 unspecified atom stereocenters. The molecule has 2 N–H and O–H groups in total. The highest BCUT2D eigenvalue weighted by Gasteiger charge is 2.15. The van der Waals surface area contributed by atoms with E-state index in [1.54, 1.807) is 37.2 Å². The minimum Gasteiger partial charge on any atom is -0.363 e. The Morgan fingerprint density at radius 1 is 1.24 bits per heavy atom. The second kappa shape index (κ2) is 3.97. The molecule has 1 aromatic carbocycles. The van der Waals surface area contributed by atoms with E-state index in [0.29, 0.717) is 16.7 Å². The van der Waals surface area contributed by atoms with Crippen molar-refractivity contribution in [3.8, 4) is 0 Å². The van der Waals surface area contributed by atoms with E-state index >= 15 is 0 Å². The fraction of sp³-hybridized carbons (Fsp3) is 0.182. The summed E-state index contributed by atoms with van der Waals surface area (Å²) in [7, 11) is -0.161. The molecule has 17 heavy (non-hydrogen) atoms. The maximum absolute atomic E-state index is 11.6. The SMILES string of the molecule is CN(C)c1cc(S(N)(=O)=O)c2ccccc2n1. The summed E-state index contributed by atoms with van der Waals surface area (Å²) in [6.07, 6.45) is 0. The normalized spacial score (nSPS) is 11.7. The molecule has 1 heterocycles. The average Bonchev–Trinajstić information content (AvgIpc) is 2.26. The van der Waals surface area contributed by atoms with Crippen molar-refractivity contribution in [3.63, 3.8) is 0 Å². The van der Waals surface area contributed by atoms with Crippen molar-refractivity contribution in [1.29, 1.82) is 0 Å². The lowest BCUT2D eigenvalue weighted by Gasteiger charge is -2.14. The Morgan fingerprint density at radius 2 is 1.88 bits per heavy atom. The molecule has 0 fully saturated rings. The number of fused-ring (bicyclic) bond motifs is 1. The summed E-state index contributed by atoms with van der Waals surface area (Å²) >= 11 is 0. The molecule has 0 aliphatic carbocycles. The van der Waals surface area contributed by atoms with Crippen LogP contribution >= 0.6 is 0 Å².